The first kappa shape index (κ1) is 9.28. The molecule has 0 amide bonds. The molecule has 1 heterocycles. The highest BCUT2D eigenvalue weighted by molar-refractivity contribution is 5.78. The third-order valence-corrected chi connectivity index (χ3v) is 2.13. The van der Waals surface area contributed by atoms with Crippen LogP contribution in [0.5, 0.6) is 0 Å². The Morgan fingerprint density at radius 2 is 2.07 bits per heavy atom. The van der Waals surface area contributed by atoms with Crippen LogP contribution in [0.25, 0.3) is 10.9 Å². The van der Waals surface area contributed by atoms with Crippen LogP contribution in [-0.4, -0.2) is 4.98 Å². The molecule has 4 nitrogen and oxygen atoms in total. The number of pyridine rings is 1. The van der Waals surface area contributed by atoms with Gasteiger partial charge in [0.05, 0.1) is 17.3 Å². The molecule has 0 fully saturated rings. The Hall–Kier alpha value is -2.28. The van der Waals surface area contributed by atoms with Gasteiger partial charge in [-0.05, 0) is 17.3 Å². The molecule has 1 atom stereocenters. The second kappa shape index (κ2) is 3.84. The summed E-state index contributed by atoms with van der Waals surface area (Å²) in [7, 11) is 0. The molecule has 0 bridgehead atoms. The molecule has 72 valence electrons. The summed E-state index contributed by atoms with van der Waals surface area (Å²) >= 11 is 0. The number of rotatable bonds is 2. The predicted molar refractivity (Wildman–Crippen MR) is 55.9 cm³/mol. The molecule has 2 rings (SSSR count). The second-order valence-corrected chi connectivity index (χ2v) is 3.07. The lowest BCUT2D eigenvalue weighted by Gasteiger charge is -2.01. The summed E-state index contributed by atoms with van der Waals surface area (Å²) in [6.45, 7) is 0. The van der Waals surface area contributed by atoms with Gasteiger partial charge in [0.15, 0.2) is 0 Å². The second-order valence-electron chi connectivity index (χ2n) is 3.07. The number of benzene rings is 1. The van der Waals surface area contributed by atoms with Crippen molar-refractivity contribution in [1.82, 2.24) is 4.98 Å². The molecule has 4 heteroatoms. The zero-order valence-electron chi connectivity index (χ0n) is 7.79. The molecule has 1 unspecified atom stereocenters. The molecule has 2 aromatic rings. The van der Waals surface area contributed by atoms with E-state index in [1.807, 2.05) is 30.3 Å². The van der Waals surface area contributed by atoms with Crippen molar-refractivity contribution in [2.45, 2.75) is 6.04 Å². The maximum atomic E-state index is 10.4. The predicted octanol–water partition coefficient (Wildman–Crippen LogP) is 2.57. The van der Waals surface area contributed by atoms with E-state index in [1.165, 1.54) is 0 Å². The van der Waals surface area contributed by atoms with Crippen LogP contribution in [0.15, 0.2) is 41.6 Å². The van der Waals surface area contributed by atoms with Gasteiger partial charge < -0.3 is 0 Å². The minimum Gasteiger partial charge on any atom is -0.249 e. The molecule has 1 aromatic heterocycles. The lowest BCUT2D eigenvalue weighted by molar-refractivity contribution is 0.876. The summed E-state index contributed by atoms with van der Waals surface area (Å²) in [5, 5.41) is 12.4. The van der Waals surface area contributed by atoms with Crippen molar-refractivity contribution < 1.29 is 0 Å². The maximum Gasteiger partial charge on any atom is 0.219 e. The average molecular weight is 197 g/mol. The van der Waals surface area contributed by atoms with Gasteiger partial charge in [0.25, 0.3) is 0 Å². The molecule has 0 aliphatic carbocycles. The summed E-state index contributed by atoms with van der Waals surface area (Å²) in [6, 6.07) is 11.8. The summed E-state index contributed by atoms with van der Waals surface area (Å²) in [5.74, 6) is 0. The highest BCUT2D eigenvalue weighted by atomic mass is 16.3. The van der Waals surface area contributed by atoms with E-state index in [9.17, 15) is 4.91 Å². The molecule has 0 saturated carbocycles. The molecular weight excluding hydrogens is 190 g/mol. The molecule has 1 aromatic carbocycles. The summed E-state index contributed by atoms with van der Waals surface area (Å²) in [5.41, 5.74) is 1.16. The number of aromatic nitrogens is 1. The number of nitriles is 1. The molecule has 0 N–H and O–H groups in total. The first-order valence-corrected chi connectivity index (χ1v) is 4.43. The number of para-hydroxylation sites is 1. The van der Waals surface area contributed by atoms with Gasteiger partial charge in [-0.1, -0.05) is 24.3 Å². The fourth-order valence-corrected chi connectivity index (χ4v) is 1.38. The van der Waals surface area contributed by atoms with E-state index in [-0.39, 0.29) is 0 Å². The first-order valence-electron chi connectivity index (χ1n) is 4.43. The van der Waals surface area contributed by atoms with Gasteiger partial charge in [-0.25, -0.2) is 4.98 Å². The van der Waals surface area contributed by atoms with Crippen molar-refractivity contribution in [3.63, 3.8) is 0 Å². The average Bonchev–Trinajstić information content (AvgIpc) is 2.30. The van der Waals surface area contributed by atoms with E-state index in [1.54, 1.807) is 12.1 Å². The number of nitrogens with zero attached hydrogens (tertiary/aromatic N) is 3. The molecule has 0 radical (unpaired) electrons. The molecule has 0 saturated heterocycles. The Bertz CT molecular complexity index is 545. The van der Waals surface area contributed by atoms with E-state index < -0.39 is 6.04 Å². The molecular formula is C11H7N3O. The van der Waals surface area contributed by atoms with Crippen LogP contribution in [0, 0.1) is 16.2 Å². The lowest BCUT2D eigenvalue weighted by Crippen LogP contribution is -1.95. The molecule has 15 heavy (non-hydrogen) atoms. The van der Waals surface area contributed by atoms with Crippen LogP contribution >= 0.6 is 0 Å². The Morgan fingerprint density at radius 3 is 2.80 bits per heavy atom. The first-order chi connectivity index (χ1) is 7.35. The third kappa shape index (κ3) is 1.67. The van der Waals surface area contributed by atoms with Gasteiger partial charge in [-0.2, -0.15) is 5.26 Å². The highest BCUT2D eigenvalue weighted by Gasteiger charge is 2.11. The quantitative estimate of drug-likeness (QED) is 0.695. The minimum atomic E-state index is -1.02. The SMILES string of the molecule is N#CC(N=O)c1ccc2ccccc2n1. The Kier molecular flexibility index (Phi) is 2.38. The summed E-state index contributed by atoms with van der Waals surface area (Å²) < 4.78 is 0. The van der Waals surface area contributed by atoms with Crippen LogP contribution in [0.4, 0.5) is 0 Å². The Morgan fingerprint density at radius 1 is 1.27 bits per heavy atom. The lowest BCUT2D eigenvalue weighted by atomic mass is 10.1. The highest BCUT2D eigenvalue weighted by Crippen LogP contribution is 2.18. The van der Waals surface area contributed by atoms with Crippen molar-refractivity contribution in [2.75, 3.05) is 0 Å². The van der Waals surface area contributed by atoms with E-state index in [4.69, 9.17) is 5.26 Å². The summed E-state index contributed by atoms with van der Waals surface area (Å²) in [6.07, 6.45) is 0. The number of hydrogen-bond acceptors (Lipinski definition) is 4. The summed E-state index contributed by atoms with van der Waals surface area (Å²) in [4.78, 5) is 14.6. The van der Waals surface area contributed by atoms with Crippen molar-refractivity contribution in [3.8, 4) is 6.07 Å². The van der Waals surface area contributed by atoms with Gasteiger partial charge in [0.2, 0.25) is 6.04 Å². The van der Waals surface area contributed by atoms with Crippen LogP contribution in [0.2, 0.25) is 0 Å². The molecule has 0 aliphatic rings. The normalized spacial score (nSPS) is 11.9. The largest absolute Gasteiger partial charge is 0.249 e. The van der Waals surface area contributed by atoms with Crippen LogP contribution in [-0.2, 0) is 0 Å². The van der Waals surface area contributed by atoms with Crippen molar-refractivity contribution in [2.24, 2.45) is 5.18 Å². The fraction of sp³-hybridized carbons (Fsp3) is 0.0909. The number of nitroso groups, excluding NO2 is 1. The molecule has 0 aliphatic heterocycles. The van der Waals surface area contributed by atoms with E-state index in [0.717, 1.165) is 10.9 Å². The van der Waals surface area contributed by atoms with Crippen molar-refractivity contribution >= 4 is 10.9 Å². The number of hydrogen-bond donors (Lipinski definition) is 0. The van der Waals surface area contributed by atoms with Gasteiger partial charge in [-0.15, -0.1) is 4.91 Å². The molecule has 0 spiro atoms. The smallest absolute Gasteiger partial charge is 0.219 e. The van der Waals surface area contributed by atoms with Crippen LogP contribution < -0.4 is 0 Å². The standard InChI is InChI=1S/C11H7N3O/c12-7-11(14-15)10-6-5-8-3-1-2-4-9(8)13-10/h1-6,11H. The zero-order valence-corrected chi connectivity index (χ0v) is 7.79. The fourth-order valence-electron chi connectivity index (χ4n) is 1.38. The topological polar surface area (TPSA) is 66.1 Å². The van der Waals surface area contributed by atoms with Crippen molar-refractivity contribution in [3.05, 3.63) is 47.0 Å². The number of fused-ring (bicyclic) bond motifs is 1. The van der Waals surface area contributed by atoms with Crippen molar-refractivity contribution in [1.29, 1.82) is 5.26 Å². The Balaban J connectivity index is 2.56. The van der Waals surface area contributed by atoms with E-state index in [0.29, 0.717) is 5.69 Å². The monoisotopic (exact) mass is 197 g/mol. The van der Waals surface area contributed by atoms with E-state index >= 15 is 0 Å². The van der Waals surface area contributed by atoms with Crippen LogP contribution in [0.1, 0.15) is 11.7 Å². The maximum absolute atomic E-state index is 10.4. The van der Waals surface area contributed by atoms with Gasteiger partial charge >= 0.3 is 0 Å². The van der Waals surface area contributed by atoms with Gasteiger partial charge in [0, 0.05) is 5.39 Å². The van der Waals surface area contributed by atoms with Gasteiger partial charge in [0.1, 0.15) is 0 Å². The third-order valence-electron chi connectivity index (χ3n) is 2.13. The Labute approximate surface area is 86.1 Å². The zero-order chi connectivity index (χ0) is 10.7. The van der Waals surface area contributed by atoms with Crippen LogP contribution in [0.3, 0.4) is 0 Å². The van der Waals surface area contributed by atoms with Gasteiger partial charge in [-0.3, -0.25) is 0 Å². The van der Waals surface area contributed by atoms with E-state index in [2.05, 4.69) is 10.2 Å². The minimum absolute atomic E-state index is 0.395.